The predicted octanol–water partition coefficient (Wildman–Crippen LogP) is 4.83. The summed E-state index contributed by atoms with van der Waals surface area (Å²) >= 11 is 3.81. The Morgan fingerprint density at radius 3 is 1.45 bits per heavy atom. The molecule has 0 radical (unpaired) electrons. The fraction of sp³-hybridized carbons (Fsp3) is 0.214. The van der Waals surface area contributed by atoms with E-state index in [-0.39, 0.29) is 11.1 Å². The molecule has 0 saturated carbocycles. The summed E-state index contributed by atoms with van der Waals surface area (Å²) in [6.07, 6.45) is 2.77. The summed E-state index contributed by atoms with van der Waals surface area (Å²) in [6, 6.07) is 3.58. The molecule has 2 fully saturated rings. The number of thiophene rings is 3. The van der Waals surface area contributed by atoms with Gasteiger partial charge in [0.15, 0.2) is 0 Å². The van der Waals surface area contributed by atoms with Gasteiger partial charge in [0, 0.05) is 47.7 Å². The van der Waals surface area contributed by atoms with Gasteiger partial charge in [-0.15, -0.1) is 34.0 Å². The van der Waals surface area contributed by atoms with Crippen LogP contribution in [0.5, 0.6) is 0 Å². The summed E-state index contributed by atoms with van der Waals surface area (Å²) < 4.78 is 15.2. The third kappa shape index (κ3) is 4.70. The first kappa shape index (κ1) is 29.2. The van der Waals surface area contributed by atoms with E-state index in [0.29, 0.717) is 19.5 Å². The lowest BCUT2D eigenvalue weighted by molar-refractivity contribution is -0.135. The minimum atomic E-state index is -0.756. The Hall–Kier alpha value is -4.27. The van der Waals surface area contributed by atoms with Crippen LogP contribution in [0, 0.1) is 19.7 Å². The van der Waals surface area contributed by atoms with Gasteiger partial charge in [-0.3, -0.25) is 38.8 Å². The Bertz CT molecular complexity index is 1760. The quantitative estimate of drug-likeness (QED) is 0.303. The number of urea groups is 2. The smallest absolute Gasteiger partial charge is 0.268 e. The number of aryl methyl sites for hydroxylation is 2. The highest BCUT2D eigenvalue weighted by atomic mass is 32.1. The van der Waals surface area contributed by atoms with Gasteiger partial charge in [0.05, 0.1) is 9.75 Å². The number of likely N-dealkylation sites (N-methyl/N-ethyl adjacent to an activating group) is 4. The standard InChI is InChI=1S/C28H23FN4O6S3/c1-12-7-14(9-16-23(34)30(3)27(38)31(4)24(16)35)40-20(12)19-8-13(2)21(42-19)22-18(29)11-15(41-22)10-17-25(36)32(5)28(39)33(6)26(17)37/h7-11H,1-6H3. The molecule has 8 amide bonds. The summed E-state index contributed by atoms with van der Waals surface area (Å²) in [4.78, 5) is 81.6. The number of halogens is 1. The Balaban J connectivity index is 1.47. The van der Waals surface area contributed by atoms with Gasteiger partial charge in [0.2, 0.25) is 0 Å². The van der Waals surface area contributed by atoms with Gasteiger partial charge in [-0.25, -0.2) is 14.0 Å². The maximum Gasteiger partial charge on any atom is 0.333 e. The third-order valence-corrected chi connectivity index (χ3v) is 10.7. The van der Waals surface area contributed by atoms with Crippen LogP contribution in [-0.2, 0) is 19.2 Å². The molecule has 0 atom stereocenters. The highest BCUT2D eigenvalue weighted by molar-refractivity contribution is 7.27. The van der Waals surface area contributed by atoms with Crippen molar-refractivity contribution in [3.8, 4) is 19.5 Å². The number of carbonyl (C=O) groups excluding carboxylic acids is 6. The van der Waals surface area contributed by atoms with Gasteiger partial charge in [0.1, 0.15) is 17.0 Å². The molecule has 10 nitrogen and oxygen atoms in total. The number of amides is 8. The number of rotatable bonds is 4. The first-order valence-corrected chi connectivity index (χ1v) is 14.8. The van der Waals surface area contributed by atoms with E-state index in [0.717, 1.165) is 51.8 Å². The molecule has 14 heteroatoms. The van der Waals surface area contributed by atoms with E-state index in [9.17, 15) is 28.8 Å². The lowest BCUT2D eigenvalue weighted by Gasteiger charge is -2.28. The molecule has 0 aliphatic carbocycles. The normalized spacial score (nSPS) is 16.5. The van der Waals surface area contributed by atoms with Crippen molar-refractivity contribution in [3.05, 3.63) is 56.0 Å². The second-order valence-electron chi connectivity index (χ2n) is 9.75. The van der Waals surface area contributed by atoms with Crippen molar-refractivity contribution in [2.24, 2.45) is 0 Å². The molecular formula is C28H23FN4O6S3. The van der Waals surface area contributed by atoms with E-state index in [1.54, 1.807) is 0 Å². The molecule has 3 aromatic rings. The molecule has 0 aromatic carbocycles. The van der Waals surface area contributed by atoms with E-state index >= 15 is 4.39 Å². The number of barbiturate groups is 2. The third-order valence-electron chi connectivity index (χ3n) is 6.85. The average molecular weight is 627 g/mol. The highest BCUT2D eigenvalue weighted by Crippen LogP contribution is 2.45. The maximum atomic E-state index is 15.2. The molecule has 5 heterocycles. The Morgan fingerprint density at radius 2 is 0.976 bits per heavy atom. The largest absolute Gasteiger partial charge is 0.333 e. The van der Waals surface area contributed by atoms with Crippen molar-refractivity contribution >= 4 is 81.9 Å². The molecule has 3 aromatic heterocycles. The van der Waals surface area contributed by atoms with Crippen LogP contribution in [0.15, 0.2) is 29.3 Å². The molecule has 216 valence electrons. The number of nitrogens with zero attached hydrogens (tertiary/aromatic N) is 4. The van der Waals surface area contributed by atoms with Crippen LogP contribution in [0.2, 0.25) is 0 Å². The summed E-state index contributed by atoms with van der Waals surface area (Å²) in [5, 5.41) is 0. The monoisotopic (exact) mass is 626 g/mol. The molecule has 0 spiro atoms. The van der Waals surface area contributed by atoms with Crippen molar-refractivity contribution in [1.82, 2.24) is 19.6 Å². The zero-order valence-electron chi connectivity index (χ0n) is 23.2. The molecule has 0 unspecified atom stereocenters. The van der Waals surface area contributed by atoms with Gasteiger partial charge in [-0.2, -0.15) is 0 Å². The van der Waals surface area contributed by atoms with Crippen LogP contribution in [0.1, 0.15) is 20.9 Å². The van der Waals surface area contributed by atoms with E-state index in [2.05, 4.69) is 0 Å². The fourth-order valence-corrected chi connectivity index (χ4v) is 8.12. The summed E-state index contributed by atoms with van der Waals surface area (Å²) in [6.45, 7) is 3.74. The zero-order chi connectivity index (χ0) is 30.8. The second kappa shape index (κ2) is 10.5. The molecule has 2 aliphatic heterocycles. The highest BCUT2D eigenvalue weighted by Gasteiger charge is 2.39. The number of carbonyl (C=O) groups is 6. The minimum Gasteiger partial charge on any atom is -0.268 e. The van der Waals surface area contributed by atoms with Crippen molar-refractivity contribution < 1.29 is 33.2 Å². The van der Waals surface area contributed by atoms with Crippen molar-refractivity contribution in [2.45, 2.75) is 13.8 Å². The van der Waals surface area contributed by atoms with Crippen LogP contribution < -0.4 is 0 Å². The van der Waals surface area contributed by atoms with Crippen molar-refractivity contribution in [1.29, 1.82) is 0 Å². The van der Waals surface area contributed by atoms with Crippen LogP contribution >= 0.6 is 34.0 Å². The SMILES string of the molecule is Cc1cc(C=C2C(=O)N(C)C(=O)N(C)C2=O)sc1-c1cc(C)c(-c2sc(C=C3C(=O)N(C)C(=O)N(C)C3=O)cc2F)s1. The van der Waals surface area contributed by atoms with Crippen LogP contribution in [0.4, 0.5) is 14.0 Å². The Labute approximate surface area is 251 Å². The first-order chi connectivity index (χ1) is 19.7. The van der Waals surface area contributed by atoms with Gasteiger partial charge in [-0.1, -0.05) is 0 Å². The number of hydrogen-bond acceptors (Lipinski definition) is 9. The molecule has 2 saturated heterocycles. The second-order valence-corrected chi connectivity index (χ2v) is 13.0. The number of hydrogen-bond donors (Lipinski definition) is 0. The van der Waals surface area contributed by atoms with E-state index in [1.807, 2.05) is 26.0 Å². The summed E-state index contributed by atoms with van der Waals surface area (Å²) in [5.41, 5.74) is 1.36. The molecule has 5 rings (SSSR count). The van der Waals surface area contributed by atoms with E-state index < -0.39 is 41.5 Å². The number of imide groups is 4. The molecular weight excluding hydrogens is 604 g/mol. The molecule has 2 aliphatic rings. The molecule has 0 bridgehead atoms. The summed E-state index contributed by atoms with van der Waals surface area (Å²) in [5.74, 6) is -3.37. The molecule has 0 N–H and O–H groups in total. The van der Waals surface area contributed by atoms with Crippen LogP contribution in [-0.4, -0.2) is 83.5 Å². The van der Waals surface area contributed by atoms with Crippen molar-refractivity contribution in [2.75, 3.05) is 28.2 Å². The predicted molar refractivity (Wildman–Crippen MR) is 158 cm³/mol. The fourth-order valence-electron chi connectivity index (χ4n) is 4.49. The maximum absolute atomic E-state index is 15.2. The molecule has 42 heavy (non-hydrogen) atoms. The Morgan fingerprint density at radius 1 is 0.571 bits per heavy atom. The average Bonchev–Trinajstić information content (AvgIpc) is 3.64. The van der Waals surface area contributed by atoms with Crippen LogP contribution in [0.3, 0.4) is 0 Å². The van der Waals surface area contributed by atoms with Gasteiger partial charge in [-0.05, 0) is 55.3 Å². The zero-order valence-corrected chi connectivity index (χ0v) is 25.7. The van der Waals surface area contributed by atoms with Gasteiger partial charge in [0.25, 0.3) is 23.6 Å². The van der Waals surface area contributed by atoms with Gasteiger partial charge >= 0.3 is 12.1 Å². The Kier molecular flexibility index (Phi) is 7.33. The van der Waals surface area contributed by atoms with Crippen LogP contribution in [0.25, 0.3) is 31.7 Å². The first-order valence-electron chi connectivity index (χ1n) is 12.4. The minimum absolute atomic E-state index is 0.116. The van der Waals surface area contributed by atoms with E-state index in [1.165, 1.54) is 69.1 Å². The summed E-state index contributed by atoms with van der Waals surface area (Å²) in [7, 11) is 5.18. The lowest BCUT2D eigenvalue weighted by Crippen LogP contribution is -2.52. The lowest BCUT2D eigenvalue weighted by atomic mass is 10.1. The van der Waals surface area contributed by atoms with Crippen molar-refractivity contribution in [3.63, 3.8) is 0 Å². The topological polar surface area (TPSA) is 115 Å². The van der Waals surface area contributed by atoms with Gasteiger partial charge < -0.3 is 0 Å². The van der Waals surface area contributed by atoms with E-state index in [4.69, 9.17) is 0 Å².